The Balaban J connectivity index is 1.68. The van der Waals surface area contributed by atoms with Crippen LogP contribution in [0.4, 0.5) is 4.39 Å². The van der Waals surface area contributed by atoms with E-state index in [1.807, 2.05) is 47.0 Å². The zero-order valence-electron chi connectivity index (χ0n) is 15.5. The van der Waals surface area contributed by atoms with E-state index < -0.39 is 5.82 Å². The quantitative estimate of drug-likeness (QED) is 0.394. The van der Waals surface area contributed by atoms with Crippen LogP contribution in [0, 0.1) is 10.6 Å². The smallest absolute Gasteiger partial charge is 0.199 e. The molecule has 0 fully saturated rings. The van der Waals surface area contributed by atoms with Gasteiger partial charge >= 0.3 is 0 Å². The number of para-hydroxylation sites is 2. The largest absolute Gasteiger partial charge is 0.315 e. The molecule has 1 N–H and O–H groups in total. The number of nitrogens with zero attached hydrogens (tertiary/aromatic N) is 5. The highest BCUT2D eigenvalue weighted by molar-refractivity contribution is 7.71. The number of H-pyrrole nitrogens is 1. The average molecular weight is 437 g/mol. The van der Waals surface area contributed by atoms with Crippen LogP contribution in [-0.2, 0) is 6.54 Å². The van der Waals surface area contributed by atoms with Gasteiger partial charge in [0, 0.05) is 6.20 Å². The number of aromatic nitrogens is 6. The summed E-state index contributed by atoms with van der Waals surface area (Å²) in [6, 6.07) is 18.0. The van der Waals surface area contributed by atoms with Gasteiger partial charge in [-0.3, -0.25) is 14.6 Å². The van der Waals surface area contributed by atoms with Crippen molar-refractivity contribution in [2.75, 3.05) is 0 Å². The molecule has 0 amide bonds. The van der Waals surface area contributed by atoms with Crippen molar-refractivity contribution in [2.24, 2.45) is 0 Å². The Kier molecular flexibility index (Phi) is 4.65. The topological polar surface area (TPSA) is 64.3 Å². The van der Waals surface area contributed by atoms with Crippen LogP contribution in [0.25, 0.3) is 28.2 Å². The van der Waals surface area contributed by atoms with Crippen LogP contribution in [0.3, 0.4) is 0 Å². The summed E-state index contributed by atoms with van der Waals surface area (Å²) in [6.07, 6.45) is 1.73. The molecular formula is C21H14ClFN6S. The lowest BCUT2D eigenvalue weighted by molar-refractivity contribution is 0.627. The number of fused-ring (bicyclic) bond motifs is 1. The standard InChI is InChI=1S/C21H14ClFN6S/c22-14-11-13(8-9-15(14)23)29-19(26-27-21(29)30)12-28-18-7-2-1-5-16(18)25-20(28)17-6-3-4-10-24-17/h1-11H,12H2,(H,27,30). The zero-order valence-corrected chi connectivity index (χ0v) is 17.0. The summed E-state index contributed by atoms with van der Waals surface area (Å²) >= 11 is 11.4. The van der Waals surface area contributed by atoms with Crippen LogP contribution >= 0.6 is 23.8 Å². The normalized spacial score (nSPS) is 11.3. The van der Waals surface area contributed by atoms with Crippen molar-refractivity contribution in [3.05, 3.63) is 88.3 Å². The van der Waals surface area contributed by atoms with E-state index in [2.05, 4.69) is 15.2 Å². The van der Waals surface area contributed by atoms with Gasteiger partial charge in [-0.15, -0.1) is 0 Å². The van der Waals surface area contributed by atoms with Gasteiger partial charge in [-0.25, -0.2) is 9.37 Å². The Labute approximate surface area is 180 Å². The lowest BCUT2D eigenvalue weighted by Gasteiger charge is -2.11. The summed E-state index contributed by atoms with van der Waals surface area (Å²) in [4.78, 5) is 9.23. The molecule has 148 valence electrons. The fourth-order valence-corrected chi connectivity index (χ4v) is 3.82. The monoisotopic (exact) mass is 436 g/mol. The Bertz CT molecular complexity index is 1420. The molecule has 0 aliphatic rings. The number of rotatable bonds is 4. The van der Waals surface area contributed by atoms with E-state index in [1.54, 1.807) is 16.8 Å². The zero-order chi connectivity index (χ0) is 20.7. The minimum Gasteiger partial charge on any atom is -0.315 e. The summed E-state index contributed by atoms with van der Waals surface area (Å²) < 4.78 is 17.8. The second kappa shape index (κ2) is 7.47. The molecule has 3 aromatic heterocycles. The highest BCUT2D eigenvalue weighted by Gasteiger charge is 2.17. The van der Waals surface area contributed by atoms with Crippen LogP contribution in [0.15, 0.2) is 66.9 Å². The Morgan fingerprint density at radius 1 is 1.07 bits per heavy atom. The predicted molar refractivity (Wildman–Crippen MR) is 116 cm³/mol. The molecule has 0 bridgehead atoms. The van der Waals surface area contributed by atoms with Crippen molar-refractivity contribution in [1.29, 1.82) is 0 Å². The number of aromatic amines is 1. The van der Waals surface area contributed by atoms with Crippen molar-refractivity contribution >= 4 is 34.9 Å². The molecule has 9 heteroatoms. The van der Waals surface area contributed by atoms with Gasteiger partial charge in [-0.1, -0.05) is 29.8 Å². The number of pyridine rings is 1. The Hall–Kier alpha value is -3.36. The molecule has 5 rings (SSSR count). The van der Waals surface area contributed by atoms with Crippen molar-refractivity contribution in [2.45, 2.75) is 6.54 Å². The van der Waals surface area contributed by atoms with E-state index in [4.69, 9.17) is 28.8 Å². The van der Waals surface area contributed by atoms with Crippen molar-refractivity contribution < 1.29 is 4.39 Å². The molecule has 30 heavy (non-hydrogen) atoms. The molecule has 0 saturated carbocycles. The van der Waals surface area contributed by atoms with Crippen LogP contribution in [0.2, 0.25) is 5.02 Å². The first-order valence-corrected chi connectivity index (χ1v) is 9.89. The number of halogens is 2. The lowest BCUT2D eigenvalue weighted by atomic mass is 10.3. The summed E-state index contributed by atoms with van der Waals surface area (Å²) in [6.45, 7) is 0.370. The van der Waals surface area contributed by atoms with Crippen LogP contribution in [0.1, 0.15) is 5.82 Å². The second-order valence-electron chi connectivity index (χ2n) is 6.60. The molecule has 0 saturated heterocycles. The first-order chi connectivity index (χ1) is 14.6. The van der Waals surface area contributed by atoms with Gasteiger partial charge in [0.25, 0.3) is 0 Å². The van der Waals surface area contributed by atoms with Gasteiger partial charge in [-0.2, -0.15) is 5.10 Å². The van der Waals surface area contributed by atoms with Gasteiger partial charge in [0.2, 0.25) is 0 Å². The first-order valence-electron chi connectivity index (χ1n) is 9.10. The highest BCUT2D eigenvalue weighted by atomic mass is 35.5. The number of benzene rings is 2. The van der Waals surface area contributed by atoms with Crippen LogP contribution < -0.4 is 0 Å². The van der Waals surface area contributed by atoms with E-state index in [1.165, 1.54) is 12.1 Å². The third-order valence-electron chi connectivity index (χ3n) is 4.75. The molecule has 0 atom stereocenters. The van der Waals surface area contributed by atoms with Gasteiger partial charge in [0.1, 0.15) is 11.5 Å². The summed E-state index contributed by atoms with van der Waals surface area (Å²) in [5, 5.41) is 7.24. The van der Waals surface area contributed by atoms with E-state index >= 15 is 0 Å². The van der Waals surface area contributed by atoms with E-state index in [0.29, 0.717) is 22.8 Å². The van der Waals surface area contributed by atoms with Gasteiger partial charge in [-0.05, 0) is 54.7 Å². The summed E-state index contributed by atoms with van der Waals surface area (Å²) in [5.74, 6) is 0.854. The SMILES string of the molecule is Fc1ccc(-n2c(Cn3c(-c4ccccn4)nc4ccccc43)n[nH]c2=S)cc1Cl. The lowest BCUT2D eigenvalue weighted by Crippen LogP contribution is -2.09. The minimum atomic E-state index is -0.491. The Morgan fingerprint density at radius 3 is 2.70 bits per heavy atom. The third-order valence-corrected chi connectivity index (χ3v) is 5.31. The molecule has 3 heterocycles. The van der Waals surface area contributed by atoms with Gasteiger partial charge in [0.15, 0.2) is 16.4 Å². The highest BCUT2D eigenvalue weighted by Crippen LogP contribution is 2.26. The van der Waals surface area contributed by atoms with Crippen molar-refractivity contribution in [1.82, 2.24) is 29.3 Å². The van der Waals surface area contributed by atoms with Crippen molar-refractivity contribution in [3.63, 3.8) is 0 Å². The predicted octanol–water partition coefficient (Wildman–Crippen LogP) is 5.18. The molecule has 0 aliphatic heterocycles. The van der Waals surface area contributed by atoms with Crippen LogP contribution in [0.5, 0.6) is 0 Å². The van der Waals surface area contributed by atoms with Gasteiger partial charge in [0.05, 0.1) is 28.3 Å². The van der Waals surface area contributed by atoms with Gasteiger partial charge < -0.3 is 4.57 Å². The molecule has 2 aromatic carbocycles. The maximum Gasteiger partial charge on any atom is 0.199 e. The molecule has 0 aliphatic carbocycles. The summed E-state index contributed by atoms with van der Waals surface area (Å²) in [7, 11) is 0. The maximum absolute atomic E-state index is 13.7. The van der Waals surface area contributed by atoms with E-state index in [9.17, 15) is 4.39 Å². The molecule has 5 aromatic rings. The van der Waals surface area contributed by atoms with E-state index in [0.717, 1.165) is 22.6 Å². The van der Waals surface area contributed by atoms with Crippen LogP contribution in [-0.4, -0.2) is 29.3 Å². The fraction of sp³-hybridized carbons (Fsp3) is 0.0476. The van der Waals surface area contributed by atoms with Crippen molar-refractivity contribution in [3.8, 4) is 17.2 Å². The molecule has 6 nitrogen and oxygen atoms in total. The van der Waals surface area contributed by atoms with E-state index in [-0.39, 0.29) is 5.02 Å². The minimum absolute atomic E-state index is 0.0174. The average Bonchev–Trinajstić information content (AvgIpc) is 3.32. The molecule has 0 spiro atoms. The number of imidazole rings is 1. The number of hydrogen-bond acceptors (Lipinski definition) is 4. The molecule has 0 radical (unpaired) electrons. The summed E-state index contributed by atoms with van der Waals surface area (Å²) in [5.41, 5.74) is 3.16. The fourth-order valence-electron chi connectivity index (χ4n) is 3.39. The maximum atomic E-state index is 13.7. The Morgan fingerprint density at radius 2 is 1.90 bits per heavy atom. The third kappa shape index (κ3) is 3.20. The second-order valence-corrected chi connectivity index (χ2v) is 7.40. The molecule has 0 unspecified atom stereocenters. The molecular weight excluding hydrogens is 423 g/mol. The number of nitrogens with one attached hydrogen (secondary N) is 1. The first kappa shape index (κ1) is 18.7. The number of hydrogen-bond donors (Lipinski definition) is 1.